The summed E-state index contributed by atoms with van der Waals surface area (Å²) in [5, 5.41) is 9.13. The predicted molar refractivity (Wildman–Crippen MR) is 68.6 cm³/mol. The van der Waals surface area contributed by atoms with Crippen LogP contribution in [-0.4, -0.2) is 54.2 Å². The zero-order chi connectivity index (χ0) is 13.8. The molecule has 1 aromatic carbocycles. The molecule has 1 aliphatic heterocycles. The number of morpholine rings is 1. The lowest BCUT2D eigenvalue weighted by Gasteiger charge is -2.35. The molecule has 1 saturated heterocycles. The number of hydrogen-bond donors (Lipinski definition) is 1. The molecule has 104 valence electrons. The Kier molecular flexibility index (Phi) is 4.63. The topological polar surface area (TPSA) is 49.8 Å². The van der Waals surface area contributed by atoms with Gasteiger partial charge in [-0.3, -0.25) is 9.69 Å². The Hall–Kier alpha value is -1.30. The van der Waals surface area contributed by atoms with Gasteiger partial charge in [0.2, 0.25) is 0 Å². The minimum Gasteiger partial charge on any atom is -0.394 e. The molecule has 1 fully saturated rings. The fraction of sp³-hybridized carbons (Fsp3) is 0.500. The van der Waals surface area contributed by atoms with Crippen molar-refractivity contribution >= 4 is 5.78 Å². The molecule has 0 radical (unpaired) electrons. The molecule has 1 heterocycles. The quantitative estimate of drug-likeness (QED) is 0.830. The number of hydrogen-bond acceptors (Lipinski definition) is 4. The van der Waals surface area contributed by atoms with E-state index >= 15 is 0 Å². The van der Waals surface area contributed by atoms with E-state index in [4.69, 9.17) is 9.84 Å². The van der Waals surface area contributed by atoms with Crippen molar-refractivity contribution in [3.63, 3.8) is 0 Å². The van der Waals surface area contributed by atoms with Crippen molar-refractivity contribution in [2.24, 2.45) is 0 Å². The van der Waals surface area contributed by atoms with Crippen LogP contribution in [-0.2, 0) is 4.74 Å². The van der Waals surface area contributed by atoms with E-state index in [9.17, 15) is 9.18 Å². The van der Waals surface area contributed by atoms with Crippen molar-refractivity contribution in [3.05, 3.63) is 35.6 Å². The van der Waals surface area contributed by atoms with Gasteiger partial charge < -0.3 is 9.84 Å². The smallest absolute Gasteiger partial charge is 0.176 e. The highest BCUT2D eigenvalue weighted by Crippen LogP contribution is 2.12. The number of Topliss-reactive ketones (excluding diaryl/α,β-unsaturated/α-hetero) is 1. The number of rotatable bonds is 4. The van der Waals surface area contributed by atoms with E-state index in [1.54, 1.807) is 6.07 Å². The highest BCUT2D eigenvalue weighted by molar-refractivity contribution is 5.97. The van der Waals surface area contributed by atoms with Crippen LogP contribution in [0.1, 0.15) is 17.3 Å². The Bertz CT molecular complexity index is 452. The molecular formula is C14H18FNO3. The van der Waals surface area contributed by atoms with E-state index in [0.29, 0.717) is 18.7 Å². The van der Waals surface area contributed by atoms with Crippen molar-refractivity contribution in [1.82, 2.24) is 4.90 Å². The van der Waals surface area contributed by atoms with Gasteiger partial charge in [-0.2, -0.15) is 0 Å². The third kappa shape index (κ3) is 3.83. The van der Waals surface area contributed by atoms with E-state index in [1.807, 2.05) is 11.8 Å². The van der Waals surface area contributed by atoms with Crippen LogP contribution in [0.3, 0.4) is 0 Å². The van der Waals surface area contributed by atoms with Gasteiger partial charge in [0.25, 0.3) is 0 Å². The summed E-state index contributed by atoms with van der Waals surface area (Å²) in [6.45, 7) is 3.21. The molecular weight excluding hydrogens is 249 g/mol. The molecule has 0 aromatic heterocycles. The monoisotopic (exact) mass is 267 g/mol. The van der Waals surface area contributed by atoms with E-state index in [2.05, 4.69) is 0 Å². The fourth-order valence-corrected chi connectivity index (χ4v) is 2.33. The maximum absolute atomic E-state index is 13.1. The van der Waals surface area contributed by atoms with Crippen molar-refractivity contribution < 1.29 is 19.0 Å². The molecule has 1 N–H and O–H groups in total. The number of aliphatic hydroxyl groups excluding tert-OH is 1. The number of carbonyl (C=O) groups excluding carboxylic acids is 1. The van der Waals surface area contributed by atoms with Gasteiger partial charge in [-0.1, -0.05) is 12.1 Å². The second kappa shape index (κ2) is 6.23. The third-order valence-electron chi connectivity index (χ3n) is 3.12. The molecule has 4 nitrogen and oxygen atoms in total. The second-order valence-corrected chi connectivity index (χ2v) is 4.88. The van der Waals surface area contributed by atoms with Gasteiger partial charge in [0, 0.05) is 18.7 Å². The highest BCUT2D eigenvalue weighted by atomic mass is 19.1. The van der Waals surface area contributed by atoms with Crippen molar-refractivity contribution in [2.45, 2.75) is 19.1 Å². The number of carbonyl (C=O) groups is 1. The summed E-state index contributed by atoms with van der Waals surface area (Å²) < 4.78 is 18.6. The van der Waals surface area contributed by atoms with E-state index in [1.165, 1.54) is 18.2 Å². The lowest BCUT2D eigenvalue weighted by molar-refractivity contribution is -0.0926. The number of benzene rings is 1. The normalized spacial score (nSPS) is 24.4. The minimum absolute atomic E-state index is 0.0220. The van der Waals surface area contributed by atoms with Crippen molar-refractivity contribution in [1.29, 1.82) is 0 Å². The molecule has 1 aromatic rings. The molecule has 0 saturated carbocycles. The van der Waals surface area contributed by atoms with Gasteiger partial charge in [-0.25, -0.2) is 4.39 Å². The highest BCUT2D eigenvalue weighted by Gasteiger charge is 2.26. The van der Waals surface area contributed by atoms with Crippen LogP contribution in [0.5, 0.6) is 0 Å². The van der Waals surface area contributed by atoms with Gasteiger partial charge in [-0.05, 0) is 19.1 Å². The van der Waals surface area contributed by atoms with E-state index < -0.39 is 5.82 Å². The Morgan fingerprint density at radius 3 is 3.00 bits per heavy atom. The molecule has 0 aliphatic carbocycles. The largest absolute Gasteiger partial charge is 0.394 e. The Morgan fingerprint density at radius 2 is 2.32 bits per heavy atom. The first kappa shape index (κ1) is 14.1. The maximum atomic E-state index is 13.1. The van der Waals surface area contributed by atoms with Gasteiger partial charge in [0.05, 0.1) is 25.4 Å². The van der Waals surface area contributed by atoms with Crippen LogP contribution >= 0.6 is 0 Å². The Balaban J connectivity index is 1.98. The van der Waals surface area contributed by atoms with E-state index in [0.717, 1.165) is 0 Å². The van der Waals surface area contributed by atoms with Gasteiger partial charge in [-0.15, -0.1) is 0 Å². The van der Waals surface area contributed by atoms with E-state index in [-0.39, 0.29) is 31.1 Å². The first-order chi connectivity index (χ1) is 9.08. The third-order valence-corrected chi connectivity index (χ3v) is 3.12. The molecule has 2 rings (SSSR count). The van der Waals surface area contributed by atoms with Crippen LogP contribution in [0.15, 0.2) is 24.3 Å². The Morgan fingerprint density at radius 1 is 1.53 bits per heavy atom. The summed E-state index contributed by atoms with van der Waals surface area (Å²) in [6, 6.07) is 5.70. The molecule has 2 atom stereocenters. The first-order valence-electron chi connectivity index (χ1n) is 6.36. The summed E-state index contributed by atoms with van der Waals surface area (Å²) in [5.41, 5.74) is 0.375. The predicted octanol–water partition coefficient (Wildman–Crippen LogP) is 1.09. The summed E-state index contributed by atoms with van der Waals surface area (Å²) in [4.78, 5) is 14.0. The molecule has 5 heteroatoms. The SMILES string of the molecule is CC1CN(CC(=O)c2cccc(F)c2)CC(CO)O1. The van der Waals surface area contributed by atoms with Gasteiger partial charge in [0.1, 0.15) is 5.82 Å². The van der Waals surface area contributed by atoms with Crippen LogP contribution in [0.4, 0.5) is 4.39 Å². The number of ether oxygens (including phenoxy) is 1. The van der Waals surface area contributed by atoms with Gasteiger partial charge in [0.15, 0.2) is 5.78 Å². The molecule has 0 spiro atoms. The first-order valence-corrected chi connectivity index (χ1v) is 6.36. The number of nitrogens with zero attached hydrogens (tertiary/aromatic N) is 1. The van der Waals surface area contributed by atoms with Crippen LogP contribution in [0, 0.1) is 5.82 Å². The zero-order valence-electron chi connectivity index (χ0n) is 10.9. The molecule has 1 aliphatic rings. The van der Waals surface area contributed by atoms with Crippen LogP contribution in [0.2, 0.25) is 0 Å². The average Bonchev–Trinajstić information content (AvgIpc) is 2.38. The maximum Gasteiger partial charge on any atom is 0.176 e. The second-order valence-electron chi connectivity index (χ2n) is 4.88. The minimum atomic E-state index is -0.408. The molecule has 0 amide bonds. The fourth-order valence-electron chi connectivity index (χ4n) is 2.33. The summed E-state index contributed by atoms with van der Waals surface area (Å²) in [7, 11) is 0. The van der Waals surface area contributed by atoms with Crippen molar-refractivity contribution in [2.75, 3.05) is 26.2 Å². The summed E-state index contributed by atoms with van der Waals surface area (Å²) in [5.74, 6) is -0.528. The molecule has 2 unspecified atom stereocenters. The lowest BCUT2D eigenvalue weighted by Crippen LogP contribution is -2.49. The molecule has 19 heavy (non-hydrogen) atoms. The lowest BCUT2D eigenvalue weighted by atomic mass is 10.1. The van der Waals surface area contributed by atoms with Crippen LogP contribution in [0.25, 0.3) is 0 Å². The number of ketones is 1. The molecule has 0 bridgehead atoms. The average molecular weight is 267 g/mol. The zero-order valence-corrected chi connectivity index (χ0v) is 10.9. The van der Waals surface area contributed by atoms with Crippen LogP contribution < -0.4 is 0 Å². The Labute approximate surface area is 111 Å². The van der Waals surface area contributed by atoms with Crippen molar-refractivity contribution in [3.8, 4) is 0 Å². The summed E-state index contributed by atoms with van der Waals surface area (Å²) in [6.07, 6.45) is -0.282. The summed E-state index contributed by atoms with van der Waals surface area (Å²) >= 11 is 0. The standard InChI is InChI=1S/C14H18FNO3/c1-10-6-16(7-13(9-17)19-10)8-14(18)11-3-2-4-12(15)5-11/h2-5,10,13,17H,6-9H2,1H3. The van der Waals surface area contributed by atoms with Gasteiger partial charge >= 0.3 is 0 Å². The number of halogens is 1. The number of aliphatic hydroxyl groups is 1.